The molecule has 0 spiro atoms. The zero-order chi connectivity index (χ0) is 19.1. The number of aromatic nitrogens is 4. The van der Waals surface area contributed by atoms with Crippen molar-refractivity contribution in [3.05, 3.63) is 48.2 Å². The van der Waals surface area contributed by atoms with Crippen LogP contribution < -0.4 is 5.32 Å². The van der Waals surface area contributed by atoms with Crippen molar-refractivity contribution < 1.29 is 8.42 Å². The Labute approximate surface area is 163 Å². The van der Waals surface area contributed by atoms with E-state index in [1.54, 1.807) is 28.7 Å². The molecule has 28 heavy (non-hydrogen) atoms. The quantitative estimate of drug-likeness (QED) is 0.719. The van der Waals surface area contributed by atoms with Crippen LogP contribution in [0.3, 0.4) is 0 Å². The molecule has 1 aromatic carbocycles. The van der Waals surface area contributed by atoms with Gasteiger partial charge in [-0.1, -0.05) is 6.07 Å². The molecule has 3 aromatic rings. The molecule has 0 aliphatic carbocycles. The molecule has 1 saturated heterocycles. The standard InChI is InChI=1S/C19H22N6O2S/c26-28(27,17-5-1-4-16-15(17)3-2-8-21-16)24-10-6-14(7-11-24)19-23-22-18-13-20-9-12-25(18)19/h1-5,8,14,20H,6-7,9-13H2. The van der Waals surface area contributed by atoms with E-state index >= 15 is 0 Å². The summed E-state index contributed by atoms with van der Waals surface area (Å²) in [4.78, 5) is 4.62. The molecular weight excluding hydrogens is 376 g/mol. The lowest BCUT2D eigenvalue weighted by Crippen LogP contribution is -2.39. The largest absolute Gasteiger partial charge is 0.312 e. The van der Waals surface area contributed by atoms with Crippen molar-refractivity contribution in [1.82, 2.24) is 29.4 Å². The number of piperidine rings is 1. The third kappa shape index (κ3) is 2.90. The van der Waals surface area contributed by atoms with Crippen LogP contribution in [0.1, 0.15) is 30.4 Å². The van der Waals surface area contributed by atoms with Crippen LogP contribution in [-0.2, 0) is 23.1 Å². The third-order valence-electron chi connectivity index (χ3n) is 5.69. The first-order chi connectivity index (χ1) is 13.6. The Morgan fingerprint density at radius 2 is 1.89 bits per heavy atom. The molecule has 2 aromatic heterocycles. The molecule has 0 amide bonds. The van der Waals surface area contributed by atoms with Crippen molar-refractivity contribution >= 4 is 20.9 Å². The normalized spacial score (nSPS) is 19.0. The molecule has 0 unspecified atom stereocenters. The summed E-state index contributed by atoms with van der Waals surface area (Å²) in [5, 5.41) is 12.7. The van der Waals surface area contributed by atoms with Crippen LogP contribution in [0.2, 0.25) is 0 Å². The zero-order valence-electron chi connectivity index (χ0n) is 15.5. The fourth-order valence-corrected chi connectivity index (χ4v) is 5.88. The maximum atomic E-state index is 13.3. The Morgan fingerprint density at radius 1 is 1.04 bits per heavy atom. The minimum atomic E-state index is -3.56. The summed E-state index contributed by atoms with van der Waals surface area (Å²) < 4.78 is 30.4. The SMILES string of the molecule is O=S(=O)(c1cccc2ncccc12)N1CCC(c2nnc3n2CCNC3)CC1. The van der Waals surface area contributed by atoms with Gasteiger partial charge in [0.15, 0.2) is 0 Å². The molecule has 2 aliphatic rings. The fourth-order valence-electron chi connectivity index (χ4n) is 4.21. The fraction of sp³-hybridized carbons (Fsp3) is 0.421. The van der Waals surface area contributed by atoms with Crippen LogP contribution in [0.25, 0.3) is 10.9 Å². The minimum absolute atomic E-state index is 0.250. The second kappa shape index (κ2) is 6.91. The van der Waals surface area contributed by atoms with Gasteiger partial charge in [-0.05, 0) is 37.1 Å². The van der Waals surface area contributed by atoms with Crippen LogP contribution in [0.15, 0.2) is 41.4 Å². The first kappa shape index (κ1) is 17.7. The van der Waals surface area contributed by atoms with Crippen molar-refractivity contribution in [1.29, 1.82) is 0 Å². The summed E-state index contributed by atoms with van der Waals surface area (Å²) in [7, 11) is -3.56. The summed E-state index contributed by atoms with van der Waals surface area (Å²) in [6.07, 6.45) is 3.20. The lowest BCUT2D eigenvalue weighted by molar-refractivity contribution is 0.307. The second-order valence-corrected chi connectivity index (χ2v) is 9.21. The molecule has 9 heteroatoms. The van der Waals surface area contributed by atoms with Gasteiger partial charge in [-0.25, -0.2) is 8.42 Å². The Morgan fingerprint density at radius 3 is 2.75 bits per heavy atom. The summed E-state index contributed by atoms with van der Waals surface area (Å²) in [5.41, 5.74) is 0.696. The number of sulfonamides is 1. The number of rotatable bonds is 3. The number of hydrogen-bond donors (Lipinski definition) is 1. The zero-order valence-corrected chi connectivity index (χ0v) is 16.3. The predicted octanol–water partition coefficient (Wildman–Crippen LogP) is 1.50. The highest BCUT2D eigenvalue weighted by Crippen LogP contribution is 2.32. The number of nitrogens with one attached hydrogen (secondary N) is 1. The summed E-state index contributed by atoms with van der Waals surface area (Å²) in [5.74, 6) is 2.22. The molecule has 0 radical (unpaired) electrons. The Hall–Kier alpha value is -2.36. The number of pyridine rings is 1. The van der Waals surface area contributed by atoms with Gasteiger partial charge in [0, 0.05) is 43.7 Å². The number of nitrogens with zero attached hydrogens (tertiary/aromatic N) is 5. The third-order valence-corrected chi connectivity index (χ3v) is 7.65. The van der Waals surface area contributed by atoms with Gasteiger partial charge in [0.05, 0.1) is 17.0 Å². The van der Waals surface area contributed by atoms with E-state index in [1.807, 2.05) is 12.1 Å². The molecule has 5 rings (SSSR count). The van der Waals surface area contributed by atoms with E-state index in [0.717, 1.165) is 44.1 Å². The maximum absolute atomic E-state index is 13.3. The van der Waals surface area contributed by atoms with E-state index in [-0.39, 0.29) is 5.92 Å². The smallest absolute Gasteiger partial charge is 0.243 e. The van der Waals surface area contributed by atoms with E-state index < -0.39 is 10.0 Å². The van der Waals surface area contributed by atoms with E-state index in [1.165, 1.54) is 0 Å². The number of benzene rings is 1. The first-order valence-electron chi connectivity index (χ1n) is 9.61. The molecule has 0 saturated carbocycles. The lowest BCUT2D eigenvalue weighted by Gasteiger charge is -2.31. The van der Waals surface area contributed by atoms with Gasteiger partial charge < -0.3 is 9.88 Å². The number of hydrogen-bond acceptors (Lipinski definition) is 6. The molecule has 0 atom stereocenters. The average molecular weight is 398 g/mol. The molecule has 2 aliphatic heterocycles. The minimum Gasteiger partial charge on any atom is -0.312 e. The van der Waals surface area contributed by atoms with Crippen LogP contribution in [-0.4, -0.2) is 52.1 Å². The molecule has 0 bridgehead atoms. The van der Waals surface area contributed by atoms with Crippen molar-refractivity contribution in [2.75, 3.05) is 19.6 Å². The second-order valence-electron chi connectivity index (χ2n) is 7.31. The van der Waals surface area contributed by atoms with E-state index in [2.05, 4.69) is 25.1 Å². The average Bonchev–Trinajstić information content (AvgIpc) is 3.17. The van der Waals surface area contributed by atoms with Crippen LogP contribution in [0.5, 0.6) is 0 Å². The topological polar surface area (TPSA) is 93.0 Å². The Bertz CT molecular complexity index is 1110. The van der Waals surface area contributed by atoms with Gasteiger partial charge in [-0.15, -0.1) is 10.2 Å². The maximum Gasteiger partial charge on any atom is 0.243 e. The predicted molar refractivity (Wildman–Crippen MR) is 104 cm³/mol. The van der Waals surface area contributed by atoms with E-state index in [4.69, 9.17) is 0 Å². The highest BCUT2D eigenvalue weighted by atomic mass is 32.2. The van der Waals surface area contributed by atoms with Crippen molar-refractivity contribution in [2.45, 2.75) is 36.7 Å². The van der Waals surface area contributed by atoms with Gasteiger partial charge in [0.25, 0.3) is 0 Å². The molecule has 146 valence electrons. The summed E-state index contributed by atoms with van der Waals surface area (Å²) >= 11 is 0. The highest BCUT2D eigenvalue weighted by Gasteiger charge is 2.33. The first-order valence-corrected chi connectivity index (χ1v) is 11.1. The Kier molecular flexibility index (Phi) is 4.37. The van der Waals surface area contributed by atoms with Crippen LogP contribution >= 0.6 is 0 Å². The molecular formula is C19H22N6O2S. The van der Waals surface area contributed by atoms with Crippen LogP contribution in [0.4, 0.5) is 0 Å². The van der Waals surface area contributed by atoms with Crippen molar-refractivity contribution in [2.24, 2.45) is 0 Å². The number of fused-ring (bicyclic) bond motifs is 2. The van der Waals surface area contributed by atoms with E-state index in [0.29, 0.717) is 28.9 Å². The Balaban J connectivity index is 1.38. The van der Waals surface area contributed by atoms with Crippen molar-refractivity contribution in [3.63, 3.8) is 0 Å². The van der Waals surface area contributed by atoms with E-state index in [9.17, 15) is 8.42 Å². The van der Waals surface area contributed by atoms with Gasteiger partial charge in [0.1, 0.15) is 11.6 Å². The van der Waals surface area contributed by atoms with Gasteiger partial charge in [0.2, 0.25) is 10.0 Å². The molecule has 8 nitrogen and oxygen atoms in total. The lowest BCUT2D eigenvalue weighted by atomic mass is 9.97. The molecule has 1 fully saturated rings. The summed E-state index contributed by atoms with van der Waals surface area (Å²) in [6.45, 7) is 3.52. The van der Waals surface area contributed by atoms with Crippen molar-refractivity contribution in [3.8, 4) is 0 Å². The summed E-state index contributed by atoms with van der Waals surface area (Å²) in [6, 6.07) is 8.86. The van der Waals surface area contributed by atoms with Gasteiger partial charge in [-0.3, -0.25) is 4.98 Å². The molecule has 1 N–H and O–H groups in total. The van der Waals surface area contributed by atoms with Crippen LogP contribution in [0, 0.1) is 0 Å². The molecule has 4 heterocycles. The monoisotopic (exact) mass is 398 g/mol. The van der Waals surface area contributed by atoms with Gasteiger partial charge >= 0.3 is 0 Å². The van der Waals surface area contributed by atoms with Gasteiger partial charge in [-0.2, -0.15) is 4.31 Å². The highest BCUT2D eigenvalue weighted by molar-refractivity contribution is 7.89.